The number of nitrogens with zero attached hydrogens (tertiary/aromatic N) is 3. The lowest BCUT2D eigenvalue weighted by Gasteiger charge is -2.20. The fourth-order valence-corrected chi connectivity index (χ4v) is 2.60. The Morgan fingerprint density at radius 3 is 2.61 bits per heavy atom. The van der Waals surface area contributed by atoms with Gasteiger partial charge in [-0.2, -0.15) is 0 Å². The second-order valence-electron chi connectivity index (χ2n) is 5.30. The predicted molar refractivity (Wildman–Crippen MR) is 98.2 cm³/mol. The average molecular weight is 355 g/mol. The van der Waals surface area contributed by atoms with Crippen LogP contribution >= 0.6 is 23.4 Å². The lowest BCUT2D eigenvalue weighted by atomic mass is 10.2. The van der Waals surface area contributed by atoms with Crippen molar-refractivity contribution < 1.29 is 4.79 Å². The van der Waals surface area contributed by atoms with Gasteiger partial charge in [-0.05, 0) is 5.92 Å². The van der Waals surface area contributed by atoms with Crippen LogP contribution in [0.2, 0.25) is 5.15 Å². The Morgan fingerprint density at radius 2 is 2.04 bits per heavy atom. The van der Waals surface area contributed by atoms with Gasteiger partial charge >= 0.3 is 0 Å². The summed E-state index contributed by atoms with van der Waals surface area (Å²) >= 11 is 7.33. The monoisotopic (exact) mass is 354 g/mol. The molecule has 1 amide bonds. The molecule has 0 aromatic carbocycles. The number of halogens is 1. The molecular formula is C16H23ClN4OS. The SMILES string of the molecule is C=CCN(CC=C)c1cc(Cl)nc(SCC(=O)NCC(C)C)n1. The van der Waals surface area contributed by atoms with Gasteiger partial charge in [0.25, 0.3) is 0 Å². The molecule has 126 valence electrons. The molecular weight excluding hydrogens is 332 g/mol. The van der Waals surface area contributed by atoms with E-state index in [4.69, 9.17) is 11.6 Å². The number of carbonyl (C=O) groups is 1. The first-order chi connectivity index (χ1) is 11.0. The predicted octanol–water partition coefficient (Wildman–Crippen LogP) is 3.17. The molecule has 0 aliphatic rings. The average Bonchev–Trinajstić information content (AvgIpc) is 2.50. The summed E-state index contributed by atoms with van der Waals surface area (Å²) in [6, 6.07) is 1.69. The van der Waals surface area contributed by atoms with Crippen molar-refractivity contribution in [2.24, 2.45) is 5.92 Å². The second kappa shape index (κ2) is 10.3. The van der Waals surface area contributed by atoms with Crippen molar-refractivity contribution in [1.82, 2.24) is 15.3 Å². The number of rotatable bonds is 10. The number of aromatic nitrogens is 2. The van der Waals surface area contributed by atoms with Gasteiger partial charge in [-0.15, -0.1) is 13.2 Å². The highest BCUT2D eigenvalue weighted by molar-refractivity contribution is 7.99. The Kier molecular flexibility index (Phi) is 8.73. The smallest absolute Gasteiger partial charge is 0.230 e. The standard InChI is InChI=1S/C16H23ClN4OS/c1-5-7-21(8-6-2)14-9-13(17)19-16(20-14)23-11-15(22)18-10-12(3)4/h5-6,9,12H,1-2,7-8,10-11H2,3-4H3,(H,18,22). The molecule has 5 nitrogen and oxygen atoms in total. The highest BCUT2D eigenvalue weighted by atomic mass is 35.5. The van der Waals surface area contributed by atoms with Crippen molar-refractivity contribution in [3.63, 3.8) is 0 Å². The van der Waals surface area contributed by atoms with Gasteiger partial charge in [0.05, 0.1) is 5.75 Å². The van der Waals surface area contributed by atoms with Crippen LogP contribution in [0.15, 0.2) is 36.5 Å². The highest BCUT2D eigenvalue weighted by Crippen LogP contribution is 2.21. The van der Waals surface area contributed by atoms with Gasteiger partial charge in [0.2, 0.25) is 5.91 Å². The molecule has 7 heteroatoms. The normalized spacial score (nSPS) is 10.4. The van der Waals surface area contributed by atoms with Gasteiger partial charge in [-0.25, -0.2) is 9.97 Å². The molecule has 1 aromatic heterocycles. The molecule has 23 heavy (non-hydrogen) atoms. The van der Waals surface area contributed by atoms with Gasteiger partial charge in [-0.1, -0.05) is 49.4 Å². The summed E-state index contributed by atoms with van der Waals surface area (Å²) in [6.07, 6.45) is 3.57. The third-order valence-electron chi connectivity index (χ3n) is 2.72. The minimum atomic E-state index is -0.0390. The number of nitrogens with one attached hydrogen (secondary N) is 1. The highest BCUT2D eigenvalue weighted by Gasteiger charge is 2.11. The van der Waals surface area contributed by atoms with Crippen LogP contribution in [0.4, 0.5) is 5.82 Å². The summed E-state index contributed by atoms with van der Waals surface area (Å²) < 4.78 is 0. The molecule has 1 heterocycles. The van der Waals surface area contributed by atoms with E-state index in [1.807, 2.05) is 18.7 Å². The number of amides is 1. The van der Waals surface area contributed by atoms with Crippen molar-refractivity contribution in [3.8, 4) is 0 Å². The summed E-state index contributed by atoms with van der Waals surface area (Å²) in [7, 11) is 0. The molecule has 0 saturated carbocycles. The minimum Gasteiger partial charge on any atom is -0.355 e. The topological polar surface area (TPSA) is 58.1 Å². The van der Waals surface area contributed by atoms with Crippen molar-refractivity contribution >= 4 is 35.1 Å². The molecule has 0 radical (unpaired) electrons. The van der Waals surface area contributed by atoms with Crippen LogP contribution in [0.1, 0.15) is 13.8 Å². The Balaban J connectivity index is 2.74. The second-order valence-corrected chi connectivity index (χ2v) is 6.63. The van der Waals surface area contributed by atoms with Crippen molar-refractivity contribution in [2.45, 2.75) is 19.0 Å². The first-order valence-electron chi connectivity index (χ1n) is 7.37. The zero-order valence-corrected chi connectivity index (χ0v) is 15.2. The maximum Gasteiger partial charge on any atom is 0.230 e. The number of hydrogen-bond acceptors (Lipinski definition) is 5. The van der Waals surface area contributed by atoms with Gasteiger partial charge in [-0.3, -0.25) is 4.79 Å². The molecule has 0 saturated heterocycles. The molecule has 1 aromatic rings. The third-order valence-corrected chi connectivity index (χ3v) is 3.76. The van der Waals surface area contributed by atoms with Crippen molar-refractivity contribution in [3.05, 3.63) is 36.5 Å². The zero-order chi connectivity index (χ0) is 17.2. The Bertz CT molecular complexity index is 541. The number of thioether (sulfide) groups is 1. The van der Waals surface area contributed by atoms with E-state index >= 15 is 0 Å². The number of carbonyl (C=O) groups excluding carboxylic acids is 1. The lowest BCUT2D eigenvalue weighted by Crippen LogP contribution is -2.29. The summed E-state index contributed by atoms with van der Waals surface area (Å²) in [5.74, 6) is 1.33. The lowest BCUT2D eigenvalue weighted by molar-refractivity contribution is -0.118. The zero-order valence-electron chi connectivity index (χ0n) is 13.6. The molecule has 0 spiro atoms. The molecule has 0 aliphatic heterocycles. The number of hydrogen-bond donors (Lipinski definition) is 1. The third kappa shape index (κ3) is 7.52. The molecule has 0 fully saturated rings. The largest absolute Gasteiger partial charge is 0.355 e. The van der Waals surface area contributed by atoms with E-state index in [0.29, 0.717) is 41.7 Å². The van der Waals surface area contributed by atoms with Crippen LogP contribution in [0.25, 0.3) is 0 Å². The summed E-state index contributed by atoms with van der Waals surface area (Å²) in [6.45, 7) is 13.5. The van der Waals surface area contributed by atoms with Crippen LogP contribution < -0.4 is 10.2 Å². The molecule has 0 unspecified atom stereocenters. The minimum absolute atomic E-state index is 0.0390. The van der Waals surface area contributed by atoms with E-state index < -0.39 is 0 Å². The van der Waals surface area contributed by atoms with Crippen molar-refractivity contribution in [2.75, 3.05) is 30.3 Å². The summed E-state index contributed by atoms with van der Waals surface area (Å²) in [4.78, 5) is 22.4. The Morgan fingerprint density at radius 1 is 1.39 bits per heavy atom. The van der Waals surface area contributed by atoms with Crippen LogP contribution in [0, 0.1) is 5.92 Å². The summed E-state index contributed by atoms with van der Waals surface area (Å²) in [5.41, 5.74) is 0. The molecule has 1 rings (SSSR count). The fraction of sp³-hybridized carbons (Fsp3) is 0.438. The molecule has 0 atom stereocenters. The van der Waals surface area contributed by atoms with Gasteiger partial charge in [0, 0.05) is 25.7 Å². The van der Waals surface area contributed by atoms with Gasteiger partial charge in [0.15, 0.2) is 5.16 Å². The first kappa shape index (κ1) is 19.5. The van der Waals surface area contributed by atoms with Crippen LogP contribution in [-0.4, -0.2) is 41.3 Å². The maximum absolute atomic E-state index is 11.8. The van der Waals surface area contributed by atoms with Gasteiger partial charge in [0.1, 0.15) is 11.0 Å². The Hall–Kier alpha value is -1.53. The number of anilines is 1. The van der Waals surface area contributed by atoms with Crippen molar-refractivity contribution in [1.29, 1.82) is 0 Å². The quantitative estimate of drug-likeness (QED) is 0.303. The van der Waals surface area contributed by atoms with E-state index in [9.17, 15) is 4.79 Å². The van der Waals surface area contributed by atoms with Gasteiger partial charge < -0.3 is 10.2 Å². The van der Waals surface area contributed by atoms with Crippen LogP contribution in [0.5, 0.6) is 0 Å². The van der Waals surface area contributed by atoms with E-state index in [2.05, 4.69) is 28.4 Å². The molecule has 0 bridgehead atoms. The van der Waals surface area contributed by atoms with E-state index in [0.717, 1.165) is 0 Å². The Labute approximate surface area is 147 Å². The maximum atomic E-state index is 11.8. The molecule has 0 aliphatic carbocycles. The van der Waals surface area contributed by atoms with Crippen LogP contribution in [-0.2, 0) is 4.79 Å². The first-order valence-corrected chi connectivity index (χ1v) is 8.73. The van der Waals surface area contributed by atoms with E-state index in [1.54, 1.807) is 18.2 Å². The summed E-state index contributed by atoms with van der Waals surface area (Å²) in [5, 5.41) is 3.68. The molecule has 1 N–H and O–H groups in total. The van der Waals surface area contributed by atoms with Crippen LogP contribution in [0.3, 0.4) is 0 Å². The van der Waals surface area contributed by atoms with E-state index in [1.165, 1.54) is 11.8 Å². The van der Waals surface area contributed by atoms with E-state index in [-0.39, 0.29) is 11.7 Å². The fourth-order valence-electron chi connectivity index (χ4n) is 1.68.